The summed E-state index contributed by atoms with van der Waals surface area (Å²) in [6, 6.07) is 1.68. The first-order chi connectivity index (χ1) is 8.20. The van der Waals surface area contributed by atoms with Crippen LogP contribution in [0.25, 0.3) is 0 Å². The van der Waals surface area contributed by atoms with Crippen molar-refractivity contribution >= 4 is 12.4 Å². The van der Waals surface area contributed by atoms with Crippen LogP contribution in [0.3, 0.4) is 0 Å². The molecule has 2 heterocycles. The maximum Gasteiger partial charge on any atom is 0.372 e. The summed E-state index contributed by atoms with van der Waals surface area (Å²) in [6.07, 6.45) is 2.23. The number of carboxylic acid groups (broad SMARTS) is 1. The minimum atomic E-state index is -1.04. The van der Waals surface area contributed by atoms with Crippen LogP contribution in [-0.2, 0) is 11.3 Å². The highest BCUT2D eigenvalue weighted by atomic mass is 16.4. The van der Waals surface area contributed by atoms with Gasteiger partial charge in [-0.15, -0.1) is 0 Å². The Bertz CT molecular complexity index is 407. The van der Waals surface area contributed by atoms with Gasteiger partial charge in [-0.25, -0.2) is 4.79 Å². The summed E-state index contributed by atoms with van der Waals surface area (Å²) in [5, 5.41) is 8.90. The number of hydrogen-bond donors (Lipinski definition) is 1. The highest BCUT2D eigenvalue weighted by Gasteiger charge is 2.20. The molecule has 2 rings (SSSR count). The van der Waals surface area contributed by atoms with Gasteiger partial charge in [0, 0.05) is 38.3 Å². The van der Waals surface area contributed by atoms with E-state index in [2.05, 4.69) is 4.90 Å². The van der Waals surface area contributed by atoms with Crippen LogP contribution in [-0.4, -0.2) is 53.5 Å². The van der Waals surface area contributed by atoms with E-state index in [1.165, 1.54) is 6.26 Å². The molecular formula is C11H14N2O4. The second kappa shape index (κ2) is 5.01. The van der Waals surface area contributed by atoms with Gasteiger partial charge in [-0.1, -0.05) is 0 Å². The Morgan fingerprint density at radius 3 is 2.71 bits per heavy atom. The highest BCUT2D eigenvalue weighted by molar-refractivity contribution is 5.86. The molecule has 1 amide bonds. The molecule has 0 aliphatic carbocycles. The third kappa shape index (κ3) is 2.65. The van der Waals surface area contributed by atoms with Crippen molar-refractivity contribution in [1.82, 2.24) is 9.80 Å². The predicted molar refractivity (Wildman–Crippen MR) is 58.6 cm³/mol. The van der Waals surface area contributed by atoms with E-state index in [1.54, 1.807) is 11.0 Å². The third-order valence-corrected chi connectivity index (χ3v) is 2.89. The first-order valence-corrected chi connectivity index (χ1v) is 5.42. The van der Waals surface area contributed by atoms with E-state index in [0.29, 0.717) is 25.2 Å². The Morgan fingerprint density at radius 2 is 2.12 bits per heavy atom. The molecule has 0 spiro atoms. The second-order valence-corrected chi connectivity index (χ2v) is 4.00. The molecule has 92 valence electrons. The fourth-order valence-corrected chi connectivity index (χ4v) is 1.92. The van der Waals surface area contributed by atoms with Gasteiger partial charge in [0.25, 0.3) is 0 Å². The maximum atomic E-state index is 10.9. The lowest BCUT2D eigenvalue weighted by Gasteiger charge is -2.32. The van der Waals surface area contributed by atoms with Crippen LogP contribution in [0.4, 0.5) is 0 Å². The van der Waals surface area contributed by atoms with Crippen LogP contribution in [0.1, 0.15) is 16.1 Å². The molecule has 6 heteroatoms. The number of nitrogens with zero attached hydrogens (tertiary/aromatic N) is 2. The molecule has 17 heavy (non-hydrogen) atoms. The topological polar surface area (TPSA) is 74.0 Å². The van der Waals surface area contributed by atoms with Crippen molar-refractivity contribution in [2.45, 2.75) is 6.54 Å². The van der Waals surface area contributed by atoms with Gasteiger partial charge in [0.1, 0.15) is 0 Å². The van der Waals surface area contributed by atoms with Gasteiger partial charge in [0.05, 0.1) is 6.26 Å². The Kier molecular flexibility index (Phi) is 3.43. The number of amides is 1. The third-order valence-electron chi connectivity index (χ3n) is 2.89. The Balaban J connectivity index is 1.95. The van der Waals surface area contributed by atoms with Crippen molar-refractivity contribution in [3.8, 4) is 0 Å². The van der Waals surface area contributed by atoms with Gasteiger partial charge in [-0.05, 0) is 6.07 Å². The second-order valence-electron chi connectivity index (χ2n) is 4.00. The Morgan fingerprint density at radius 1 is 1.41 bits per heavy atom. The lowest BCUT2D eigenvalue weighted by Crippen LogP contribution is -2.45. The Labute approximate surface area is 98.4 Å². The molecule has 0 saturated carbocycles. The zero-order chi connectivity index (χ0) is 12.3. The summed E-state index contributed by atoms with van der Waals surface area (Å²) in [6.45, 7) is 3.42. The van der Waals surface area contributed by atoms with Crippen molar-refractivity contribution in [3.05, 3.63) is 23.7 Å². The van der Waals surface area contributed by atoms with Crippen LogP contribution < -0.4 is 0 Å². The normalized spacial score (nSPS) is 17.1. The number of hydrogen-bond acceptors (Lipinski definition) is 4. The SMILES string of the molecule is O=CN1CCN(Cc2ccoc2C(=O)O)CC1. The average Bonchev–Trinajstić information content (AvgIpc) is 2.78. The monoisotopic (exact) mass is 238 g/mol. The van der Waals surface area contributed by atoms with Gasteiger partial charge in [0.2, 0.25) is 12.2 Å². The van der Waals surface area contributed by atoms with Gasteiger partial charge < -0.3 is 14.4 Å². The lowest BCUT2D eigenvalue weighted by molar-refractivity contribution is -0.119. The summed E-state index contributed by atoms with van der Waals surface area (Å²) in [4.78, 5) is 25.2. The van der Waals surface area contributed by atoms with E-state index in [1.807, 2.05) is 0 Å². The first-order valence-electron chi connectivity index (χ1n) is 5.42. The van der Waals surface area contributed by atoms with Crippen LogP contribution in [0.15, 0.2) is 16.7 Å². The summed E-state index contributed by atoms with van der Waals surface area (Å²) in [5.74, 6) is -1.04. The first kappa shape index (κ1) is 11.7. The van der Waals surface area contributed by atoms with Crippen LogP contribution in [0.5, 0.6) is 0 Å². The molecule has 0 aromatic carbocycles. The fourth-order valence-electron chi connectivity index (χ4n) is 1.92. The number of rotatable bonds is 4. The maximum absolute atomic E-state index is 10.9. The molecule has 6 nitrogen and oxygen atoms in total. The average molecular weight is 238 g/mol. The van der Waals surface area contributed by atoms with Crippen molar-refractivity contribution in [3.63, 3.8) is 0 Å². The standard InChI is InChI=1S/C11H14N2O4/c14-8-13-4-2-12(3-5-13)7-9-1-6-17-10(9)11(15)16/h1,6,8H,2-5,7H2,(H,15,16). The van der Waals surface area contributed by atoms with E-state index in [4.69, 9.17) is 9.52 Å². The van der Waals surface area contributed by atoms with E-state index in [0.717, 1.165) is 19.5 Å². The van der Waals surface area contributed by atoms with Crippen LogP contribution >= 0.6 is 0 Å². The van der Waals surface area contributed by atoms with E-state index >= 15 is 0 Å². The highest BCUT2D eigenvalue weighted by Crippen LogP contribution is 2.14. The van der Waals surface area contributed by atoms with Gasteiger partial charge in [-0.2, -0.15) is 0 Å². The van der Waals surface area contributed by atoms with Gasteiger partial charge >= 0.3 is 5.97 Å². The van der Waals surface area contributed by atoms with Crippen LogP contribution in [0, 0.1) is 0 Å². The van der Waals surface area contributed by atoms with Crippen molar-refractivity contribution < 1.29 is 19.1 Å². The molecule has 1 aromatic heterocycles. The molecule has 0 atom stereocenters. The number of piperazine rings is 1. The summed E-state index contributed by atoms with van der Waals surface area (Å²) >= 11 is 0. The van der Waals surface area contributed by atoms with Gasteiger partial charge in [-0.3, -0.25) is 9.69 Å². The molecule has 1 fully saturated rings. The minimum Gasteiger partial charge on any atom is -0.475 e. The quantitative estimate of drug-likeness (QED) is 0.761. The van der Waals surface area contributed by atoms with E-state index in [-0.39, 0.29) is 5.76 Å². The number of furan rings is 1. The number of carbonyl (C=O) groups is 2. The summed E-state index contributed by atoms with van der Waals surface area (Å²) in [5.41, 5.74) is 0.678. The lowest BCUT2D eigenvalue weighted by atomic mass is 10.2. The number of aromatic carboxylic acids is 1. The zero-order valence-electron chi connectivity index (χ0n) is 9.33. The molecule has 1 saturated heterocycles. The smallest absolute Gasteiger partial charge is 0.372 e. The largest absolute Gasteiger partial charge is 0.475 e. The molecule has 1 N–H and O–H groups in total. The van der Waals surface area contributed by atoms with Crippen molar-refractivity contribution in [2.24, 2.45) is 0 Å². The number of carbonyl (C=O) groups excluding carboxylic acids is 1. The molecule has 1 aliphatic rings. The number of carboxylic acids is 1. The molecule has 1 aromatic rings. The Hall–Kier alpha value is -1.82. The molecular weight excluding hydrogens is 224 g/mol. The molecule has 0 unspecified atom stereocenters. The fraction of sp³-hybridized carbons (Fsp3) is 0.455. The molecule has 0 radical (unpaired) electrons. The van der Waals surface area contributed by atoms with Crippen molar-refractivity contribution in [1.29, 1.82) is 0 Å². The van der Waals surface area contributed by atoms with E-state index in [9.17, 15) is 9.59 Å². The summed E-state index contributed by atoms with van der Waals surface area (Å²) in [7, 11) is 0. The van der Waals surface area contributed by atoms with Crippen molar-refractivity contribution in [2.75, 3.05) is 26.2 Å². The summed E-state index contributed by atoms with van der Waals surface area (Å²) < 4.78 is 4.92. The van der Waals surface area contributed by atoms with Gasteiger partial charge in [0.15, 0.2) is 0 Å². The van der Waals surface area contributed by atoms with E-state index < -0.39 is 5.97 Å². The predicted octanol–water partition coefficient (Wildman–Crippen LogP) is 0.252. The van der Waals surface area contributed by atoms with Crippen LogP contribution in [0.2, 0.25) is 0 Å². The molecule has 0 bridgehead atoms. The molecule has 1 aliphatic heterocycles. The minimum absolute atomic E-state index is 0.00261. The zero-order valence-corrected chi connectivity index (χ0v) is 9.33.